The SMILES string of the molecule is CCCOc1ccccc1/C=C1\C(=O)Nc2ccc(Br)cc21. The van der Waals surface area contributed by atoms with Gasteiger partial charge in [0.2, 0.25) is 0 Å². The number of hydrogen-bond acceptors (Lipinski definition) is 2. The number of hydrogen-bond donors (Lipinski definition) is 1. The van der Waals surface area contributed by atoms with Crippen LogP contribution in [0.5, 0.6) is 5.75 Å². The highest BCUT2D eigenvalue weighted by Crippen LogP contribution is 2.36. The lowest BCUT2D eigenvalue weighted by Gasteiger charge is -2.08. The van der Waals surface area contributed by atoms with E-state index in [9.17, 15) is 4.79 Å². The summed E-state index contributed by atoms with van der Waals surface area (Å²) in [6, 6.07) is 13.5. The van der Waals surface area contributed by atoms with E-state index in [2.05, 4.69) is 28.2 Å². The molecule has 1 N–H and O–H groups in total. The van der Waals surface area contributed by atoms with Gasteiger partial charge < -0.3 is 10.1 Å². The Morgan fingerprint density at radius 3 is 2.86 bits per heavy atom. The predicted octanol–water partition coefficient (Wildman–Crippen LogP) is 4.73. The zero-order chi connectivity index (χ0) is 15.5. The van der Waals surface area contributed by atoms with Gasteiger partial charge in [-0.2, -0.15) is 0 Å². The predicted molar refractivity (Wildman–Crippen MR) is 92.9 cm³/mol. The van der Waals surface area contributed by atoms with Crippen molar-refractivity contribution < 1.29 is 9.53 Å². The summed E-state index contributed by atoms with van der Waals surface area (Å²) in [5.41, 5.74) is 3.31. The first-order chi connectivity index (χ1) is 10.7. The molecule has 1 amide bonds. The molecule has 0 aliphatic carbocycles. The van der Waals surface area contributed by atoms with Gasteiger partial charge in [0, 0.05) is 26.9 Å². The number of rotatable bonds is 4. The lowest BCUT2D eigenvalue weighted by molar-refractivity contribution is -0.110. The quantitative estimate of drug-likeness (QED) is 0.803. The third-order valence-corrected chi connectivity index (χ3v) is 3.94. The Bertz CT molecular complexity index is 753. The van der Waals surface area contributed by atoms with Gasteiger partial charge in [0.15, 0.2) is 0 Å². The number of carbonyl (C=O) groups excluding carboxylic acids is 1. The van der Waals surface area contributed by atoms with Crippen molar-refractivity contribution in [2.75, 3.05) is 11.9 Å². The monoisotopic (exact) mass is 357 g/mol. The molecule has 0 unspecified atom stereocenters. The molecule has 0 atom stereocenters. The van der Waals surface area contributed by atoms with Gasteiger partial charge in [-0.25, -0.2) is 0 Å². The second kappa shape index (κ2) is 6.36. The maximum absolute atomic E-state index is 12.2. The molecular formula is C18H16BrNO2. The van der Waals surface area contributed by atoms with Crippen LogP contribution in [-0.2, 0) is 4.79 Å². The summed E-state index contributed by atoms with van der Waals surface area (Å²) < 4.78 is 6.71. The summed E-state index contributed by atoms with van der Waals surface area (Å²) in [6.07, 6.45) is 2.83. The Morgan fingerprint density at radius 1 is 1.23 bits per heavy atom. The van der Waals surface area contributed by atoms with E-state index < -0.39 is 0 Å². The van der Waals surface area contributed by atoms with Crippen molar-refractivity contribution in [3.8, 4) is 5.75 Å². The molecule has 0 bridgehead atoms. The van der Waals surface area contributed by atoms with Crippen molar-refractivity contribution in [2.45, 2.75) is 13.3 Å². The number of ether oxygens (including phenoxy) is 1. The lowest BCUT2D eigenvalue weighted by atomic mass is 10.0. The highest BCUT2D eigenvalue weighted by Gasteiger charge is 2.24. The van der Waals surface area contributed by atoms with Crippen molar-refractivity contribution in [1.82, 2.24) is 0 Å². The highest BCUT2D eigenvalue weighted by atomic mass is 79.9. The summed E-state index contributed by atoms with van der Waals surface area (Å²) in [5.74, 6) is 0.714. The van der Waals surface area contributed by atoms with Crippen LogP contribution in [0.25, 0.3) is 11.6 Å². The Balaban J connectivity index is 2.03. The van der Waals surface area contributed by atoms with Crippen molar-refractivity contribution in [2.24, 2.45) is 0 Å². The van der Waals surface area contributed by atoms with Crippen molar-refractivity contribution in [1.29, 1.82) is 0 Å². The third-order valence-electron chi connectivity index (χ3n) is 3.45. The number of carbonyl (C=O) groups is 1. The van der Waals surface area contributed by atoms with Gasteiger partial charge in [0.1, 0.15) is 5.75 Å². The number of benzene rings is 2. The molecule has 3 nitrogen and oxygen atoms in total. The number of halogens is 1. The smallest absolute Gasteiger partial charge is 0.256 e. The van der Waals surface area contributed by atoms with E-state index >= 15 is 0 Å². The van der Waals surface area contributed by atoms with Crippen molar-refractivity contribution in [3.05, 3.63) is 58.1 Å². The number of anilines is 1. The fourth-order valence-electron chi connectivity index (χ4n) is 2.40. The lowest BCUT2D eigenvalue weighted by Crippen LogP contribution is -2.04. The molecule has 112 valence electrons. The van der Waals surface area contributed by atoms with Crippen LogP contribution in [0.3, 0.4) is 0 Å². The topological polar surface area (TPSA) is 38.3 Å². The van der Waals surface area contributed by atoms with E-state index in [4.69, 9.17) is 4.74 Å². The van der Waals surface area contributed by atoms with Crippen LogP contribution in [0, 0.1) is 0 Å². The molecule has 22 heavy (non-hydrogen) atoms. The average molecular weight is 358 g/mol. The second-order valence-electron chi connectivity index (χ2n) is 5.09. The van der Waals surface area contributed by atoms with Gasteiger partial charge >= 0.3 is 0 Å². The Labute approximate surface area is 138 Å². The normalized spacial score (nSPS) is 14.8. The Morgan fingerprint density at radius 2 is 2.05 bits per heavy atom. The number of nitrogens with one attached hydrogen (secondary N) is 1. The number of amides is 1. The van der Waals surface area contributed by atoms with Gasteiger partial charge in [0.05, 0.1) is 6.61 Å². The zero-order valence-electron chi connectivity index (χ0n) is 12.2. The first kappa shape index (κ1) is 14.9. The molecule has 2 aromatic rings. The Kier molecular flexibility index (Phi) is 4.29. The van der Waals surface area contributed by atoms with Gasteiger partial charge in [0.25, 0.3) is 5.91 Å². The van der Waals surface area contributed by atoms with E-state index in [-0.39, 0.29) is 5.91 Å². The molecule has 0 aromatic heterocycles. The van der Waals surface area contributed by atoms with Gasteiger partial charge in [-0.15, -0.1) is 0 Å². The van der Waals surface area contributed by atoms with Crippen LogP contribution in [-0.4, -0.2) is 12.5 Å². The highest BCUT2D eigenvalue weighted by molar-refractivity contribution is 9.10. The third kappa shape index (κ3) is 2.92. The van der Waals surface area contributed by atoms with Crippen LogP contribution in [0.15, 0.2) is 46.9 Å². The molecule has 0 saturated heterocycles. The molecular weight excluding hydrogens is 342 g/mol. The van der Waals surface area contributed by atoms with Crippen LogP contribution in [0.4, 0.5) is 5.69 Å². The molecule has 0 spiro atoms. The molecule has 3 rings (SSSR count). The number of fused-ring (bicyclic) bond motifs is 1. The van der Waals surface area contributed by atoms with Crippen LogP contribution < -0.4 is 10.1 Å². The fourth-order valence-corrected chi connectivity index (χ4v) is 2.76. The largest absolute Gasteiger partial charge is 0.493 e. The van der Waals surface area contributed by atoms with Crippen LogP contribution in [0.2, 0.25) is 0 Å². The molecule has 4 heteroatoms. The summed E-state index contributed by atoms with van der Waals surface area (Å²) in [4.78, 5) is 12.2. The first-order valence-corrected chi connectivity index (χ1v) is 8.03. The minimum absolute atomic E-state index is 0.0848. The van der Waals surface area contributed by atoms with Gasteiger partial charge in [-0.1, -0.05) is 41.1 Å². The minimum Gasteiger partial charge on any atom is -0.493 e. The molecule has 0 radical (unpaired) electrons. The summed E-state index contributed by atoms with van der Waals surface area (Å²) in [7, 11) is 0. The molecule has 2 aromatic carbocycles. The molecule has 1 aliphatic rings. The fraction of sp³-hybridized carbons (Fsp3) is 0.167. The van der Waals surface area contributed by atoms with E-state index in [1.165, 1.54) is 0 Å². The van der Waals surface area contributed by atoms with Crippen molar-refractivity contribution in [3.63, 3.8) is 0 Å². The van der Waals surface area contributed by atoms with E-state index in [0.717, 1.165) is 33.5 Å². The van der Waals surface area contributed by atoms with Crippen LogP contribution in [0.1, 0.15) is 24.5 Å². The summed E-state index contributed by atoms with van der Waals surface area (Å²) >= 11 is 3.46. The van der Waals surface area contributed by atoms with E-state index in [1.807, 2.05) is 48.5 Å². The van der Waals surface area contributed by atoms with Crippen LogP contribution >= 0.6 is 15.9 Å². The minimum atomic E-state index is -0.0848. The number of para-hydroxylation sites is 1. The first-order valence-electron chi connectivity index (χ1n) is 7.24. The summed E-state index contributed by atoms with van der Waals surface area (Å²) in [6.45, 7) is 2.73. The second-order valence-corrected chi connectivity index (χ2v) is 6.00. The zero-order valence-corrected chi connectivity index (χ0v) is 13.8. The van der Waals surface area contributed by atoms with E-state index in [0.29, 0.717) is 12.2 Å². The average Bonchev–Trinajstić information content (AvgIpc) is 2.82. The van der Waals surface area contributed by atoms with Gasteiger partial charge in [-0.3, -0.25) is 4.79 Å². The summed E-state index contributed by atoms with van der Waals surface area (Å²) in [5, 5.41) is 2.89. The maximum atomic E-state index is 12.2. The maximum Gasteiger partial charge on any atom is 0.256 e. The molecule has 1 heterocycles. The molecule has 0 saturated carbocycles. The standard InChI is InChI=1S/C18H16BrNO2/c1-2-9-22-17-6-4-3-5-12(17)10-15-14-11-13(19)7-8-16(14)20-18(15)21/h3-8,10-11H,2,9H2,1H3,(H,20,21)/b15-10-. The van der Waals surface area contributed by atoms with Gasteiger partial charge in [-0.05, 0) is 36.8 Å². The Hall–Kier alpha value is -2.07. The van der Waals surface area contributed by atoms with Crippen molar-refractivity contribution >= 4 is 39.2 Å². The van der Waals surface area contributed by atoms with E-state index in [1.54, 1.807) is 0 Å². The molecule has 0 fully saturated rings. The molecule has 1 aliphatic heterocycles.